The number of methoxy groups -OCH3 is 1. The maximum atomic E-state index is 14.1. The van der Waals surface area contributed by atoms with Gasteiger partial charge in [-0.3, -0.25) is 23.1 Å². The monoisotopic (exact) mass is 2010 g/mol. The Hall–Kier alpha value is -10.0. The minimum Gasteiger partial charge on any atom is -0.540 e. The van der Waals surface area contributed by atoms with Crippen molar-refractivity contribution in [3.63, 3.8) is 0 Å². The molecule has 0 aliphatic heterocycles. The Morgan fingerprint density at radius 2 is 0.827 bits per heavy atom. The van der Waals surface area contributed by atoms with Crippen LogP contribution in [-0.2, 0) is 80.4 Å². The summed E-state index contributed by atoms with van der Waals surface area (Å²) >= 11 is 0. The molecule has 0 unspecified atom stereocenters. The molecule has 0 spiro atoms. The van der Waals surface area contributed by atoms with Gasteiger partial charge in [0.2, 0.25) is 5.95 Å². The number of para-hydroxylation sites is 4. The Kier molecular flexibility index (Phi) is 26.7. The van der Waals surface area contributed by atoms with Crippen molar-refractivity contribution in [2.75, 3.05) is 7.11 Å². The third-order valence-corrected chi connectivity index (χ3v) is 15.3. The zero-order valence-electron chi connectivity index (χ0n) is 54.3. The predicted molar refractivity (Wildman–Crippen MR) is 360 cm³/mol. The van der Waals surface area contributed by atoms with Crippen molar-refractivity contribution >= 4 is 11.9 Å². The molecule has 0 aliphatic carbocycles. The minimum absolute atomic E-state index is 0. The molecule has 0 saturated heterocycles. The molecule has 14 rings (SSSR count). The molecule has 0 bridgehead atoms. The summed E-state index contributed by atoms with van der Waals surface area (Å²) in [6, 6.07) is 66.3. The van der Waals surface area contributed by atoms with Gasteiger partial charge in [-0.25, -0.2) is 4.98 Å². The van der Waals surface area contributed by atoms with E-state index < -0.39 is 5.82 Å². The summed E-state index contributed by atoms with van der Waals surface area (Å²) in [7, 11) is 1.61. The van der Waals surface area contributed by atoms with E-state index in [4.69, 9.17) is 17.9 Å². The Bertz CT molecular complexity index is 4910. The van der Waals surface area contributed by atoms with Crippen molar-refractivity contribution in [2.24, 2.45) is 0 Å². The molecule has 98 heavy (non-hydrogen) atoms. The van der Waals surface area contributed by atoms with Crippen LogP contribution in [0.5, 0.6) is 5.75 Å². The van der Waals surface area contributed by atoms with Crippen molar-refractivity contribution in [2.45, 2.75) is 55.4 Å². The van der Waals surface area contributed by atoms with Gasteiger partial charge in [-0.15, -0.1) is 154 Å². The number of hydrogen-bond acceptors (Lipinski definition) is 11. The number of halogens is 1. The quantitative estimate of drug-likeness (QED) is 0.113. The van der Waals surface area contributed by atoms with E-state index in [1.54, 1.807) is 59.4 Å². The van der Waals surface area contributed by atoms with E-state index in [-0.39, 0.29) is 104 Å². The van der Waals surface area contributed by atoms with Gasteiger partial charge in [-0.2, -0.15) is 10.2 Å². The topological polar surface area (TPSA) is 172 Å². The first-order valence-corrected chi connectivity index (χ1v) is 29.7. The van der Waals surface area contributed by atoms with Crippen molar-refractivity contribution in [3.05, 3.63) is 298 Å². The number of rotatable bonds is 11. The molecular weight excluding hydrogens is 1940 g/mol. The van der Waals surface area contributed by atoms with Gasteiger partial charge >= 0.3 is 11.9 Å². The second kappa shape index (κ2) is 34.8. The molecule has 0 amide bonds. The van der Waals surface area contributed by atoms with E-state index in [0.29, 0.717) is 11.8 Å². The summed E-state index contributed by atoms with van der Waals surface area (Å²) in [5.41, 5.74) is 16.4. The molecule has 498 valence electrons. The van der Waals surface area contributed by atoms with E-state index in [2.05, 4.69) is 158 Å². The second-order valence-electron chi connectivity index (χ2n) is 21.6. The number of pyridine rings is 1. The number of nitrogens with zero attached hydrogens (tertiary/aromatic N) is 17. The summed E-state index contributed by atoms with van der Waals surface area (Å²) in [6.07, 6.45) is 8.87. The van der Waals surface area contributed by atoms with E-state index in [0.717, 1.165) is 102 Å². The first kappa shape index (κ1) is 75.4. The largest absolute Gasteiger partial charge is 0.540 e. The van der Waals surface area contributed by atoms with Crippen LogP contribution >= 0.6 is 0 Å². The van der Waals surface area contributed by atoms with Crippen LogP contribution in [0, 0.1) is 98.6 Å². The van der Waals surface area contributed by atoms with Gasteiger partial charge in [-0.05, 0) is 122 Å². The number of aromatic nitrogens is 15. The fourth-order valence-corrected chi connectivity index (χ4v) is 11.0. The van der Waals surface area contributed by atoms with Crippen LogP contribution in [0.1, 0.15) is 44.5 Å². The summed E-state index contributed by atoms with van der Waals surface area (Å²) in [4.78, 5) is 15.2. The van der Waals surface area contributed by atoms with Crippen LogP contribution in [0.3, 0.4) is 0 Å². The first-order chi connectivity index (χ1) is 45.8. The molecule has 6 heterocycles. The standard InChI is InChI=1S/C21H17N4.C19H16N5.C18H15N4O.C17H12FN4.4Ir/c1-15-7-6-8-16(2)19(15)25-20(17-9-4-3-5-10-17)23-24-21(25)18-11-13-22-14-12-18;1-14-7-6-8-15(2)17(14)24-18(16-9-4-3-5-10-16)21-22-19(24)23-12-11-20-13-23;1-12-6-5-7-13(2)16(12)22-17(20-21-18(22)19-3)14-8-10-15(23-4)11-9-14;1-11-7-6-8-12(2)15(11)22-16(20-21-17(22)19-3)13-9-4-5-10-14(13)18;;;;/h3-9,11-14H,1-2H3;3-9,11-13H,1-2H3;5-8,10-11H,1-2,4H3;4-8,10H,1-2H3;;;;/q4*-1;;;;. The molecule has 0 saturated carbocycles. The molecule has 4 radical (unpaired) electrons. The molecule has 6 aromatic heterocycles. The van der Waals surface area contributed by atoms with Crippen LogP contribution in [0.4, 0.5) is 16.3 Å². The van der Waals surface area contributed by atoms with Gasteiger partial charge in [0, 0.05) is 134 Å². The van der Waals surface area contributed by atoms with Crippen LogP contribution in [0.2, 0.25) is 0 Å². The van der Waals surface area contributed by atoms with Gasteiger partial charge in [-0.1, -0.05) is 83.9 Å². The predicted octanol–water partition coefficient (Wildman–Crippen LogP) is 15.9. The summed E-state index contributed by atoms with van der Waals surface area (Å²) in [6.45, 7) is 31.0. The molecule has 0 fully saturated rings. The molecule has 0 atom stereocenters. The maximum absolute atomic E-state index is 14.1. The van der Waals surface area contributed by atoms with Crippen LogP contribution in [-0.4, -0.2) is 80.7 Å². The molecule has 8 aromatic carbocycles. The molecule has 23 heteroatoms. The van der Waals surface area contributed by atoms with Crippen molar-refractivity contribution in [1.82, 2.24) is 73.6 Å². The average molecular weight is 2000 g/mol. The fraction of sp³-hybridized carbons (Fsp3) is 0.120. The zero-order chi connectivity index (χ0) is 65.8. The van der Waals surface area contributed by atoms with E-state index >= 15 is 0 Å². The normalized spacial score (nSPS) is 10.2. The number of hydrogen-bond donors (Lipinski definition) is 0. The number of benzene rings is 8. The number of ether oxygens (including phenoxy) is 1. The van der Waals surface area contributed by atoms with Crippen LogP contribution in [0.15, 0.2) is 201 Å². The van der Waals surface area contributed by atoms with Gasteiger partial charge < -0.3 is 23.6 Å². The van der Waals surface area contributed by atoms with Crippen LogP contribution in [0.25, 0.3) is 95.3 Å². The smallest absolute Gasteiger partial charge is 0.357 e. The SMILES string of the molecule is Cc1cccc(C)c1-n1c(-c2[c-]cccc2)nnc1-c1ccncc1.Cc1cccc(C)c1-n1c(-c2[c-]cccc2)nnc1-n1ccnc1.[C-]#[N+]c1nnc(-c2[c-]cc(OC)cc2)n1-c1c(C)cccc1C.[C-]#[N+]c1nnc(-c2[c-]cccc2F)n1-c1c(C)cccc1C.[Ir].[Ir].[Ir].[Ir]. The zero-order valence-corrected chi connectivity index (χ0v) is 63.9. The summed E-state index contributed by atoms with van der Waals surface area (Å²) in [5, 5.41) is 33.9. The number of imidazole rings is 1. The molecule has 18 nitrogen and oxygen atoms in total. The Balaban J connectivity index is 0.000000182. The van der Waals surface area contributed by atoms with Crippen molar-refractivity contribution < 1.29 is 89.5 Å². The van der Waals surface area contributed by atoms with Gasteiger partial charge in [0.15, 0.2) is 5.82 Å². The van der Waals surface area contributed by atoms with E-state index in [1.807, 2.05) is 148 Å². The third-order valence-electron chi connectivity index (χ3n) is 15.3. The van der Waals surface area contributed by atoms with Gasteiger partial charge in [0.1, 0.15) is 18.0 Å². The summed E-state index contributed by atoms with van der Waals surface area (Å²) < 4.78 is 28.7. The fourth-order valence-electron chi connectivity index (χ4n) is 11.0. The van der Waals surface area contributed by atoms with E-state index in [1.165, 1.54) is 17.2 Å². The molecule has 14 aromatic rings. The first-order valence-electron chi connectivity index (χ1n) is 29.7. The number of aryl methyl sites for hydroxylation is 8. The molecular formula is C75H60FIr4N17O-4. The minimum atomic E-state index is -0.445. The molecule has 0 aliphatic rings. The summed E-state index contributed by atoms with van der Waals surface area (Å²) in [5.74, 6) is 4.53. The van der Waals surface area contributed by atoms with Crippen molar-refractivity contribution in [1.29, 1.82) is 0 Å². The van der Waals surface area contributed by atoms with E-state index in [9.17, 15) is 4.39 Å². The third kappa shape index (κ3) is 16.2. The van der Waals surface area contributed by atoms with Gasteiger partial charge in [0.25, 0.3) is 0 Å². The van der Waals surface area contributed by atoms with Crippen LogP contribution < -0.4 is 4.74 Å². The van der Waals surface area contributed by atoms with Crippen molar-refractivity contribution in [3.8, 4) is 91.4 Å². The second-order valence-corrected chi connectivity index (χ2v) is 21.6. The van der Waals surface area contributed by atoms with Gasteiger partial charge in [0.05, 0.1) is 30.1 Å². The maximum Gasteiger partial charge on any atom is 0.357 e. The Morgan fingerprint density at radius 3 is 1.28 bits per heavy atom. The average Bonchev–Trinajstić information content (AvgIpc) is 1.60. The Labute approximate surface area is 622 Å². The Morgan fingerprint density at radius 1 is 0.398 bits per heavy atom. The molecule has 0 N–H and O–H groups in total.